The first kappa shape index (κ1) is 19.9. The number of hydrogen-bond donors (Lipinski definition) is 0. The van der Waals surface area contributed by atoms with Gasteiger partial charge < -0.3 is 4.74 Å². The molecule has 0 bridgehead atoms. The summed E-state index contributed by atoms with van der Waals surface area (Å²) in [6, 6.07) is 29.8. The van der Waals surface area contributed by atoms with E-state index in [1.165, 1.54) is 27.8 Å². The van der Waals surface area contributed by atoms with Crippen molar-refractivity contribution in [3.63, 3.8) is 0 Å². The van der Waals surface area contributed by atoms with Gasteiger partial charge in [0.05, 0.1) is 0 Å². The second-order valence-corrected chi connectivity index (χ2v) is 7.14. The van der Waals surface area contributed by atoms with Gasteiger partial charge in [-0.1, -0.05) is 79.7 Å². The maximum atomic E-state index is 6.00. The van der Waals surface area contributed by atoms with Crippen molar-refractivity contribution in [2.45, 2.75) is 26.5 Å². The standard InChI is InChI=1S/C26H29NO/c1-5-25(21-12-8-6-9-13-21)26(22-14-10-7-11-15-22)23-16-18-24(19-17-23)28-20(2)27(3)4/h6-20H,5H2,1-4H3/b26-25-. The summed E-state index contributed by atoms with van der Waals surface area (Å²) in [7, 11) is 4.03. The zero-order chi connectivity index (χ0) is 19.9. The summed E-state index contributed by atoms with van der Waals surface area (Å²) in [6.07, 6.45) is 0.995. The Morgan fingerprint density at radius 2 is 1.25 bits per heavy atom. The highest BCUT2D eigenvalue weighted by Gasteiger charge is 2.13. The molecule has 0 aromatic heterocycles. The number of hydrogen-bond acceptors (Lipinski definition) is 2. The SMILES string of the molecule is CC/C(=C(\c1ccccc1)c1ccc(OC(C)N(C)C)cc1)c1ccccc1. The molecule has 0 N–H and O–H groups in total. The Bertz CT molecular complexity index is 896. The van der Waals surface area contributed by atoms with Crippen molar-refractivity contribution in [3.05, 3.63) is 102 Å². The van der Waals surface area contributed by atoms with Crippen LogP contribution in [0, 0.1) is 0 Å². The van der Waals surface area contributed by atoms with Gasteiger partial charge in [-0.2, -0.15) is 0 Å². The fourth-order valence-electron chi connectivity index (χ4n) is 3.29. The molecule has 0 fully saturated rings. The van der Waals surface area contributed by atoms with Crippen LogP contribution in [0.15, 0.2) is 84.9 Å². The minimum absolute atomic E-state index is 0.0329. The first-order valence-corrected chi connectivity index (χ1v) is 9.87. The van der Waals surface area contributed by atoms with E-state index in [2.05, 4.69) is 91.9 Å². The molecule has 0 aliphatic carbocycles. The molecule has 0 amide bonds. The number of ether oxygens (including phenoxy) is 1. The molecule has 0 spiro atoms. The fraction of sp³-hybridized carbons (Fsp3) is 0.231. The lowest BCUT2D eigenvalue weighted by Crippen LogP contribution is -2.30. The molecule has 0 aliphatic heterocycles. The molecular weight excluding hydrogens is 342 g/mol. The van der Waals surface area contributed by atoms with Crippen molar-refractivity contribution < 1.29 is 4.74 Å². The lowest BCUT2D eigenvalue weighted by molar-refractivity contribution is 0.0815. The molecule has 0 radical (unpaired) electrons. The van der Waals surface area contributed by atoms with Gasteiger partial charge in [-0.15, -0.1) is 0 Å². The van der Waals surface area contributed by atoms with Gasteiger partial charge in [-0.3, -0.25) is 4.90 Å². The summed E-state index contributed by atoms with van der Waals surface area (Å²) in [4.78, 5) is 2.05. The Balaban J connectivity index is 2.07. The third-order valence-corrected chi connectivity index (χ3v) is 5.02. The van der Waals surface area contributed by atoms with E-state index in [4.69, 9.17) is 4.74 Å². The van der Waals surface area contributed by atoms with Crippen molar-refractivity contribution >= 4 is 11.1 Å². The zero-order valence-electron chi connectivity index (χ0n) is 17.2. The van der Waals surface area contributed by atoms with Crippen molar-refractivity contribution in [2.75, 3.05) is 14.1 Å². The van der Waals surface area contributed by atoms with Crippen LogP contribution >= 0.6 is 0 Å². The van der Waals surface area contributed by atoms with Crippen LogP contribution < -0.4 is 4.74 Å². The summed E-state index contributed by atoms with van der Waals surface area (Å²) in [5.74, 6) is 0.884. The molecular formula is C26H29NO. The van der Waals surface area contributed by atoms with Gasteiger partial charge in [-0.25, -0.2) is 0 Å². The van der Waals surface area contributed by atoms with Crippen LogP contribution in [0.2, 0.25) is 0 Å². The van der Waals surface area contributed by atoms with Gasteiger partial charge in [0.15, 0.2) is 0 Å². The predicted molar refractivity (Wildman–Crippen MR) is 119 cm³/mol. The van der Waals surface area contributed by atoms with Crippen LogP contribution in [-0.4, -0.2) is 25.2 Å². The average Bonchev–Trinajstić information content (AvgIpc) is 2.74. The van der Waals surface area contributed by atoms with E-state index in [0.29, 0.717) is 0 Å². The lowest BCUT2D eigenvalue weighted by atomic mass is 9.88. The molecule has 0 heterocycles. The van der Waals surface area contributed by atoms with Crippen molar-refractivity contribution in [2.24, 2.45) is 0 Å². The predicted octanol–water partition coefficient (Wildman–Crippen LogP) is 6.34. The molecule has 2 heteroatoms. The molecule has 0 saturated carbocycles. The van der Waals surface area contributed by atoms with E-state index in [0.717, 1.165) is 12.2 Å². The van der Waals surface area contributed by atoms with E-state index < -0.39 is 0 Å². The summed E-state index contributed by atoms with van der Waals surface area (Å²) >= 11 is 0. The number of rotatable bonds is 7. The van der Waals surface area contributed by atoms with E-state index in [-0.39, 0.29) is 6.23 Å². The minimum atomic E-state index is 0.0329. The van der Waals surface area contributed by atoms with E-state index >= 15 is 0 Å². The maximum absolute atomic E-state index is 6.00. The van der Waals surface area contributed by atoms with Crippen LogP contribution in [0.3, 0.4) is 0 Å². The van der Waals surface area contributed by atoms with E-state index in [1.807, 2.05) is 25.9 Å². The van der Waals surface area contributed by atoms with Gasteiger partial charge in [0.1, 0.15) is 12.0 Å². The normalized spacial score (nSPS) is 13.2. The van der Waals surface area contributed by atoms with E-state index in [9.17, 15) is 0 Å². The molecule has 0 aliphatic rings. The molecule has 1 unspecified atom stereocenters. The molecule has 144 valence electrons. The van der Waals surface area contributed by atoms with E-state index in [1.54, 1.807) is 0 Å². The average molecular weight is 372 g/mol. The number of allylic oxidation sites excluding steroid dienone is 1. The van der Waals surface area contributed by atoms with Crippen molar-refractivity contribution in [1.29, 1.82) is 0 Å². The van der Waals surface area contributed by atoms with Crippen LogP contribution in [0.1, 0.15) is 37.0 Å². The lowest BCUT2D eigenvalue weighted by Gasteiger charge is -2.21. The van der Waals surface area contributed by atoms with Gasteiger partial charge in [0.2, 0.25) is 0 Å². The highest BCUT2D eigenvalue weighted by Crippen LogP contribution is 2.34. The van der Waals surface area contributed by atoms with Crippen molar-refractivity contribution in [1.82, 2.24) is 4.90 Å². The third-order valence-electron chi connectivity index (χ3n) is 5.02. The van der Waals surface area contributed by atoms with Crippen LogP contribution in [0.4, 0.5) is 0 Å². The van der Waals surface area contributed by atoms with Gasteiger partial charge in [0.25, 0.3) is 0 Å². The Morgan fingerprint density at radius 3 is 1.75 bits per heavy atom. The smallest absolute Gasteiger partial charge is 0.149 e. The quantitative estimate of drug-likeness (QED) is 0.355. The molecule has 28 heavy (non-hydrogen) atoms. The molecule has 0 saturated heterocycles. The molecule has 3 aromatic rings. The monoisotopic (exact) mass is 371 g/mol. The summed E-state index contributed by atoms with van der Waals surface area (Å²) < 4.78 is 6.00. The Labute approximate surface area is 169 Å². The minimum Gasteiger partial charge on any atom is -0.475 e. The number of nitrogens with zero attached hydrogens (tertiary/aromatic N) is 1. The summed E-state index contributed by atoms with van der Waals surface area (Å²) in [5.41, 5.74) is 6.34. The highest BCUT2D eigenvalue weighted by atomic mass is 16.5. The summed E-state index contributed by atoms with van der Waals surface area (Å²) in [6.45, 7) is 4.27. The van der Waals surface area contributed by atoms with Crippen molar-refractivity contribution in [3.8, 4) is 5.75 Å². The highest BCUT2D eigenvalue weighted by molar-refractivity contribution is 5.98. The first-order chi connectivity index (χ1) is 13.6. The molecule has 2 nitrogen and oxygen atoms in total. The maximum Gasteiger partial charge on any atom is 0.149 e. The molecule has 3 rings (SSSR count). The third kappa shape index (κ3) is 4.71. The van der Waals surface area contributed by atoms with Gasteiger partial charge in [-0.05, 0) is 67.4 Å². The van der Waals surface area contributed by atoms with Crippen LogP contribution in [0.5, 0.6) is 5.75 Å². The molecule has 1 atom stereocenters. The summed E-state index contributed by atoms with van der Waals surface area (Å²) in [5, 5.41) is 0. The second-order valence-electron chi connectivity index (χ2n) is 7.14. The molecule has 3 aromatic carbocycles. The topological polar surface area (TPSA) is 12.5 Å². The van der Waals surface area contributed by atoms with Crippen LogP contribution in [0.25, 0.3) is 11.1 Å². The Hall–Kier alpha value is -2.84. The van der Waals surface area contributed by atoms with Crippen LogP contribution in [-0.2, 0) is 0 Å². The largest absolute Gasteiger partial charge is 0.475 e. The van der Waals surface area contributed by atoms with Gasteiger partial charge >= 0.3 is 0 Å². The first-order valence-electron chi connectivity index (χ1n) is 9.87. The Morgan fingerprint density at radius 1 is 0.750 bits per heavy atom. The van der Waals surface area contributed by atoms with Gasteiger partial charge in [0, 0.05) is 0 Å². The second kappa shape index (κ2) is 9.38. The number of benzene rings is 3. The fourth-order valence-corrected chi connectivity index (χ4v) is 3.29. The zero-order valence-corrected chi connectivity index (χ0v) is 17.2. The Kier molecular flexibility index (Phi) is 6.67.